The first-order valence-electron chi connectivity index (χ1n) is 8.01. The largest absolute Gasteiger partial charge is 0.0654 e. The summed E-state index contributed by atoms with van der Waals surface area (Å²) in [6, 6.07) is 19.8. The molecule has 0 aromatic heterocycles. The second-order valence-corrected chi connectivity index (χ2v) is 5.56. The topological polar surface area (TPSA) is 0 Å². The van der Waals surface area contributed by atoms with Gasteiger partial charge in [0, 0.05) is 0 Å². The molecule has 2 rings (SSSR count). The van der Waals surface area contributed by atoms with E-state index in [-0.39, 0.29) is 0 Å². The lowest BCUT2D eigenvalue weighted by molar-refractivity contribution is 0.664. The number of rotatable bonds is 8. The summed E-state index contributed by atoms with van der Waals surface area (Å²) in [5.74, 6) is 0. The van der Waals surface area contributed by atoms with Gasteiger partial charge < -0.3 is 0 Å². The van der Waals surface area contributed by atoms with Crippen molar-refractivity contribution in [2.75, 3.05) is 0 Å². The minimum Gasteiger partial charge on any atom is -0.0654 e. The van der Waals surface area contributed by atoms with E-state index >= 15 is 0 Å². The summed E-state index contributed by atoms with van der Waals surface area (Å²) in [4.78, 5) is 0. The van der Waals surface area contributed by atoms with Crippen molar-refractivity contribution in [1.29, 1.82) is 0 Å². The molecule has 0 heterocycles. The highest BCUT2D eigenvalue weighted by atomic mass is 14.1. The van der Waals surface area contributed by atoms with Crippen molar-refractivity contribution >= 4 is 0 Å². The van der Waals surface area contributed by atoms with Crippen molar-refractivity contribution in [3.63, 3.8) is 0 Å². The maximum atomic E-state index is 2.31. The zero-order chi connectivity index (χ0) is 14.0. The van der Waals surface area contributed by atoms with Gasteiger partial charge in [-0.05, 0) is 42.4 Å². The van der Waals surface area contributed by atoms with E-state index in [0.29, 0.717) is 0 Å². The van der Waals surface area contributed by atoms with Crippen LogP contribution in [0.25, 0.3) is 0 Å². The molecule has 20 heavy (non-hydrogen) atoms. The fourth-order valence-electron chi connectivity index (χ4n) is 2.71. The van der Waals surface area contributed by atoms with Crippen LogP contribution in [0.4, 0.5) is 0 Å². The highest BCUT2D eigenvalue weighted by Gasteiger charge is 2.02. The van der Waals surface area contributed by atoms with Crippen LogP contribution in [0, 0.1) is 0 Å². The van der Waals surface area contributed by atoms with Crippen LogP contribution in [0.2, 0.25) is 0 Å². The predicted octanol–water partition coefficient (Wildman–Crippen LogP) is 5.59. The Hall–Kier alpha value is -1.56. The third-order valence-corrected chi connectivity index (χ3v) is 3.94. The summed E-state index contributed by atoms with van der Waals surface area (Å²) in [6.07, 6.45) is 8.92. The third kappa shape index (κ3) is 4.85. The molecule has 0 heteroatoms. The molecule has 0 amide bonds. The average Bonchev–Trinajstić information content (AvgIpc) is 2.51. The lowest BCUT2D eigenvalue weighted by Gasteiger charge is -2.09. The molecule has 0 saturated heterocycles. The van der Waals surface area contributed by atoms with Gasteiger partial charge in [-0.15, -0.1) is 0 Å². The zero-order valence-corrected chi connectivity index (χ0v) is 12.6. The lowest BCUT2D eigenvalue weighted by atomic mass is 9.96. The van der Waals surface area contributed by atoms with E-state index in [2.05, 4.69) is 61.5 Å². The molecule has 0 radical (unpaired) electrons. The Morgan fingerprint density at radius 2 is 1.25 bits per heavy atom. The molecule has 2 aromatic carbocycles. The molecule has 0 N–H and O–H groups in total. The Labute approximate surface area is 123 Å². The zero-order valence-electron chi connectivity index (χ0n) is 12.6. The smallest absolute Gasteiger partial charge is 0.0236 e. The summed E-state index contributed by atoms with van der Waals surface area (Å²) >= 11 is 0. The van der Waals surface area contributed by atoms with Crippen molar-refractivity contribution in [3.05, 3.63) is 71.3 Å². The van der Waals surface area contributed by atoms with Crippen LogP contribution in [0.15, 0.2) is 54.6 Å². The van der Waals surface area contributed by atoms with Gasteiger partial charge in [0.05, 0.1) is 0 Å². The Morgan fingerprint density at radius 1 is 0.600 bits per heavy atom. The van der Waals surface area contributed by atoms with Crippen LogP contribution in [0.5, 0.6) is 0 Å². The van der Waals surface area contributed by atoms with E-state index in [1.807, 2.05) is 0 Å². The quantitative estimate of drug-likeness (QED) is 0.546. The van der Waals surface area contributed by atoms with Crippen molar-refractivity contribution in [3.8, 4) is 0 Å². The Balaban J connectivity index is 1.90. The van der Waals surface area contributed by atoms with Gasteiger partial charge in [0.2, 0.25) is 0 Å². The van der Waals surface area contributed by atoms with Crippen LogP contribution in [0.1, 0.15) is 49.3 Å². The second kappa shape index (κ2) is 8.58. The van der Waals surface area contributed by atoms with Gasteiger partial charge in [0.25, 0.3) is 0 Å². The first kappa shape index (κ1) is 14.8. The summed E-state index contributed by atoms with van der Waals surface area (Å²) in [6.45, 7) is 2.27. The fourth-order valence-corrected chi connectivity index (χ4v) is 2.71. The van der Waals surface area contributed by atoms with Crippen LogP contribution < -0.4 is 0 Å². The third-order valence-electron chi connectivity index (χ3n) is 3.94. The van der Waals surface area contributed by atoms with E-state index < -0.39 is 0 Å². The van der Waals surface area contributed by atoms with Gasteiger partial charge in [0.15, 0.2) is 0 Å². The van der Waals surface area contributed by atoms with E-state index in [1.54, 1.807) is 5.56 Å². The molecule has 0 aliphatic heterocycles. The van der Waals surface area contributed by atoms with Crippen LogP contribution in [-0.4, -0.2) is 0 Å². The molecule has 0 nitrogen and oxygen atoms in total. The molecule has 0 spiro atoms. The molecular weight excluding hydrogens is 240 g/mol. The van der Waals surface area contributed by atoms with Crippen molar-refractivity contribution in [2.45, 2.75) is 51.9 Å². The highest BCUT2D eigenvalue weighted by Crippen LogP contribution is 2.16. The summed E-state index contributed by atoms with van der Waals surface area (Å²) in [5, 5.41) is 0. The first-order valence-corrected chi connectivity index (χ1v) is 8.01. The predicted molar refractivity (Wildman–Crippen MR) is 88.1 cm³/mol. The van der Waals surface area contributed by atoms with Crippen molar-refractivity contribution in [2.24, 2.45) is 0 Å². The van der Waals surface area contributed by atoms with Gasteiger partial charge in [-0.1, -0.05) is 80.8 Å². The molecular formula is C20H26. The second-order valence-electron chi connectivity index (χ2n) is 5.56. The maximum absolute atomic E-state index is 2.31. The monoisotopic (exact) mass is 266 g/mol. The van der Waals surface area contributed by atoms with Crippen molar-refractivity contribution in [1.82, 2.24) is 0 Å². The number of benzene rings is 2. The molecule has 0 bridgehead atoms. The summed E-state index contributed by atoms with van der Waals surface area (Å²) in [7, 11) is 0. The van der Waals surface area contributed by atoms with E-state index in [1.165, 1.54) is 43.2 Å². The molecule has 0 atom stereocenters. The van der Waals surface area contributed by atoms with Crippen LogP contribution >= 0.6 is 0 Å². The molecule has 2 aromatic rings. The van der Waals surface area contributed by atoms with Crippen molar-refractivity contribution < 1.29 is 0 Å². The normalized spacial score (nSPS) is 10.7. The minimum absolute atomic E-state index is 1.15. The highest BCUT2D eigenvalue weighted by molar-refractivity contribution is 5.28. The number of unbranched alkanes of at least 4 members (excludes halogenated alkanes) is 3. The fraction of sp³-hybridized carbons (Fsp3) is 0.400. The Bertz CT molecular complexity index is 484. The Kier molecular flexibility index (Phi) is 6.37. The minimum atomic E-state index is 1.15. The maximum Gasteiger partial charge on any atom is -0.0236 e. The van der Waals surface area contributed by atoms with E-state index in [4.69, 9.17) is 0 Å². The van der Waals surface area contributed by atoms with Gasteiger partial charge >= 0.3 is 0 Å². The number of aryl methyl sites for hydroxylation is 3. The first-order chi connectivity index (χ1) is 9.90. The van der Waals surface area contributed by atoms with E-state index in [0.717, 1.165) is 12.8 Å². The summed E-state index contributed by atoms with van der Waals surface area (Å²) < 4.78 is 0. The van der Waals surface area contributed by atoms with Gasteiger partial charge in [-0.25, -0.2) is 0 Å². The molecule has 106 valence electrons. The van der Waals surface area contributed by atoms with Crippen LogP contribution in [-0.2, 0) is 19.3 Å². The van der Waals surface area contributed by atoms with Gasteiger partial charge in [-0.2, -0.15) is 0 Å². The standard InChI is InChI=1S/C20H26/c1-2-3-4-8-13-19-14-9-10-15-20(19)17-16-18-11-6-5-7-12-18/h5-7,9-12,14-15H,2-4,8,13,16-17H2,1H3. The SMILES string of the molecule is CCCCCCc1ccccc1CCc1ccccc1. The molecule has 0 fully saturated rings. The van der Waals surface area contributed by atoms with Gasteiger partial charge in [-0.3, -0.25) is 0 Å². The van der Waals surface area contributed by atoms with E-state index in [9.17, 15) is 0 Å². The Morgan fingerprint density at radius 3 is 1.95 bits per heavy atom. The molecule has 0 aliphatic carbocycles. The molecule has 0 aliphatic rings. The number of hydrogen-bond donors (Lipinski definition) is 0. The molecule has 0 unspecified atom stereocenters. The number of hydrogen-bond acceptors (Lipinski definition) is 0. The van der Waals surface area contributed by atoms with Gasteiger partial charge in [0.1, 0.15) is 0 Å². The van der Waals surface area contributed by atoms with Crippen LogP contribution in [0.3, 0.4) is 0 Å². The lowest BCUT2D eigenvalue weighted by Crippen LogP contribution is -1.97. The molecule has 0 saturated carbocycles. The summed E-state index contributed by atoms with van der Waals surface area (Å²) in [5.41, 5.74) is 4.53. The average molecular weight is 266 g/mol.